The van der Waals surface area contributed by atoms with Gasteiger partial charge in [-0.2, -0.15) is 13.3 Å². The summed E-state index contributed by atoms with van der Waals surface area (Å²) in [4.78, 5) is 0. The minimum absolute atomic E-state index is 0. The first-order chi connectivity index (χ1) is 10.6. The van der Waals surface area contributed by atoms with Crippen molar-refractivity contribution in [1.82, 2.24) is 0 Å². The van der Waals surface area contributed by atoms with E-state index in [1.54, 1.807) is 0 Å². The second kappa shape index (κ2) is 13.9. The van der Waals surface area contributed by atoms with Gasteiger partial charge in [-0.05, 0) is 36.2 Å². The van der Waals surface area contributed by atoms with Crippen LogP contribution >= 0.6 is 0 Å². The fourth-order valence-electron chi connectivity index (χ4n) is 1.90. The van der Waals surface area contributed by atoms with Crippen LogP contribution in [-0.2, 0) is 17.0 Å². The minimum atomic E-state index is -3.11. The fraction of sp³-hybridized carbons (Fsp3) is 0.235. The van der Waals surface area contributed by atoms with Crippen molar-refractivity contribution in [3.05, 3.63) is 66.6 Å². The summed E-state index contributed by atoms with van der Waals surface area (Å²) in [5, 5.41) is 0. The molecule has 0 aliphatic rings. The Morgan fingerprint density at radius 1 is 0.957 bits per heavy atom. The van der Waals surface area contributed by atoms with Crippen LogP contribution in [0.1, 0.15) is 25.3 Å². The van der Waals surface area contributed by atoms with Gasteiger partial charge in [-0.25, -0.2) is 0 Å². The largest absolute Gasteiger partial charge is 1.00 e. The quantitative estimate of drug-likeness (QED) is 0.440. The van der Waals surface area contributed by atoms with Gasteiger partial charge >= 0.3 is 62.0 Å². The Hall–Kier alpha value is -0.504. The Bertz CT molecular complexity index is 650. The first kappa shape index (κ1) is 22.5. The van der Waals surface area contributed by atoms with E-state index in [0.717, 1.165) is 17.9 Å². The summed E-state index contributed by atoms with van der Waals surface area (Å²) in [5.41, 5.74) is 1.34. The molecule has 2 aromatic rings. The van der Waals surface area contributed by atoms with Gasteiger partial charge in [-0.1, -0.05) is 36.8 Å². The van der Waals surface area contributed by atoms with Crippen molar-refractivity contribution in [1.29, 1.82) is 0 Å². The normalized spacial score (nSPS) is 9.09. The van der Waals surface area contributed by atoms with Gasteiger partial charge in [-0.15, -0.1) is 12.6 Å². The number of para-hydroxylation sites is 1. The average Bonchev–Trinajstić information content (AvgIpc) is 2.48. The van der Waals surface area contributed by atoms with E-state index >= 15 is 0 Å². The van der Waals surface area contributed by atoms with Crippen molar-refractivity contribution >= 4 is 10.6 Å². The van der Waals surface area contributed by atoms with Crippen molar-refractivity contribution in [3.8, 4) is 11.5 Å². The molecule has 23 heavy (non-hydrogen) atoms. The molecule has 0 aliphatic carbocycles. The average molecular weight is 359 g/mol. The number of benzene rings is 2. The maximum absolute atomic E-state index is 8.44. The molecule has 0 bridgehead atoms. The molecule has 2 rings (SSSR count). The molecule has 118 valence electrons. The van der Waals surface area contributed by atoms with Crippen LogP contribution in [0.3, 0.4) is 0 Å². The van der Waals surface area contributed by atoms with Crippen LogP contribution in [0.15, 0.2) is 54.6 Å². The molecule has 0 amide bonds. The number of hydrogen-bond acceptors (Lipinski definition) is 4. The molecule has 0 aromatic heterocycles. The molecule has 0 saturated carbocycles. The van der Waals surface area contributed by atoms with Crippen LogP contribution < -0.4 is 56.1 Å². The van der Waals surface area contributed by atoms with E-state index in [1.165, 1.54) is 18.4 Å². The van der Waals surface area contributed by atoms with Gasteiger partial charge in [0.25, 0.3) is 0 Å². The molecule has 4 nitrogen and oxygen atoms in total. The summed E-state index contributed by atoms with van der Waals surface area (Å²) in [7, 11) is -3.11. The van der Waals surface area contributed by atoms with Crippen molar-refractivity contribution in [2.45, 2.75) is 26.2 Å². The maximum Gasteiger partial charge on any atom is 1.00 e. The SMILES string of the molecule is C[CH-]CCCc1cccc(Oc2ccccc2)c1.O=S(=O)=O.[K+]. The molecule has 0 fully saturated rings. The van der Waals surface area contributed by atoms with Gasteiger partial charge in [0.2, 0.25) is 0 Å². The number of ether oxygens (including phenoxy) is 1. The van der Waals surface area contributed by atoms with Gasteiger partial charge < -0.3 is 11.2 Å². The van der Waals surface area contributed by atoms with Crippen LogP contribution in [0.5, 0.6) is 11.5 Å². The first-order valence-corrected chi connectivity index (χ1v) is 7.98. The Morgan fingerprint density at radius 2 is 1.57 bits per heavy atom. The van der Waals surface area contributed by atoms with Crippen LogP contribution in [0.4, 0.5) is 0 Å². The molecule has 0 unspecified atom stereocenters. The molecular weight excluding hydrogens is 339 g/mol. The summed E-state index contributed by atoms with van der Waals surface area (Å²) in [6.45, 7) is 2.11. The molecule has 0 saturated heterocycles. The Kier molecular flexibility index (Phi) is 13.6. The summed E-state index contributed by atoms with van der Waals surface area (Å²) < 4.78 is 31.2. The molecular formula is C17H19KO4S. The minimum Gasteiger partial charge on any atom is -0.457 e. The topological polar surface area (TPSA) is 60.4 Å². The summed E-state index contributed by atoms with van der Waals surface area (Å²) >= 11 is 0. The van der Waals surface area contributed by atoms with Gasteiger partial charge in [0, 0.05) is 0 Å². The zero-order chi connectivity index (χ0) is 16.2. The molecule has 0 spiro atoms. The predicted molar refractivity (Wildman–Crippen MR) is 85.6 cm³/mol. The van der Waals surface area contributed by atoms with E-state index in [-0.39, 0.29) is 51.4 Å². The molecule has 0 N–H and O–H groups in total. The van der Waals surface area contributed by atoms with Gasteiger partial charge in [0.15, 0.2) is 0 Å². The number of aryl methyl sites for hydroxylation is 1. The van der Waals surface area contributed by atoms with Gasteiger partial charge in [0.1, 0.15) is 11.5 Å². The Labute approximate surface area is 181 Å². The molecule has 0 radical (unpaired) electrons. The van der Waals surface area contributed by atoms with Crippen LogP contribution in [-0.4, -0.2) is 12.6 Å². The van der Waals surface area contributed by atoms with Gasteiger partial charge in [-0.3, -0.25) is 0 Å². The zero-order valence-electron chi connectivity index (χ0n) is 13.4. The third-order valence-electron chi connectivity index (χ3n) is 2.84. The van der Waals surface area contributed by atoms with E-state index in [0.29, 0.717) is 0 Å². The predicted octanol–water partition coefficient (Wildman–Crippen LogP) is 1.03. The number of hydrogen-bond donors (Lipinski definition) is 0. The standard InChI is InChI=1S/C17H19O.K.O3S/c1-2-3-5-9-15-10-8-13-17(14-15)18-16-11-6-4-7-12-16;;1-4(2)3/h2,4,6-8,10-14H,3,5,9H2,1H3;;/q-1;+1;. The maximum atomic E-state index is 8.44. The number of unbranched alkanes of at least 4 members (excludes halogenated alkanes) is 2. The Balaban J connectivity index is 0.000000871. The van der Waals surface area contributed by atoms with Crippen molar-refractivity contribution in [3.63, 3.8) is 0 Å². The molecule has 0 atom stereocenters. The van der Waals surface area contributed by atoms with Crippen LogP contribution in [0.2, 0.25) is 0 Å². The second-order valence-electron chi connectivity index (χ2n) is 4.57. The van der Waals surface area contributed by atoms with Crippen LogP contribution in [0.25, 0.3) is 0 Å². The molecule has 6 heteroatoms. The zero-order valence-corrected chi connectivity index (χ0v) is 17.4. The molecule has 2 aromatic carbocycles. The number of rotatable bonds is 6. The fourth-order valence-corrected chi connectivity index (χ4v) is 1.90. The second-order valence-corrected chi connectivity index (χ2v) is 4.98. The summed E-state index contributed by atoms with van der Waals surface area (Å²) in [6.07, 6.45) is 5.69. The third kappa shape index (κ3) is 11.6. The van der Waals surface area contributed by atoms with E-state index in [2.05, 4.69) is 31.5 Å². The molecule has 0 heterocycles. The van der Waals surface area contributed by atoms with E-state index in [1.807, 2.05) is 36.4 Å². The van der Waals surface area contributed by atoms with Crippen molar-refractivity contribution < 1.29 is 68.7 Å². The summed E-state index contributed by atoms with van der Waals surface area (Å²) in [5.74, 6) is 1.80. The third-order valence-corrected chi connectivity index (χ3v) is 2.84. The molecule has 0 aliphatic heterocycles. The van der Waals surface area contributed by atoms with Crippen molar-refractivity contribution in [2.75, 3.05) is 0 Å². The van der Waals surface area contributed by atoms with E-state index in [4.69, 9.17) is 17.4 Å². The van der Waals surface area contributed by atoms with Gasteiger partial charge in [0.05, 0.1) is 0 Å². The van der Waals surface area contributed by atoms with E-state index < -0.39 is 10.6 Å². The summed E-state index contributed by atoms with van der Waals surface area (Å²) in [6, 6.07) is 18.2. The van der Waals surface area contributed by atoms with E-state index in [9.17, 15) is 0 Å². The first-order valence-electron chi connectivity index (χ1n) is 6.98. The van der Waals surface area contributed by atoms with Crippen LogP contribution in [0, 0.1) is 6.42 Å². The smallest absolute Gasteiger partial charge is 0.457 e. The Morgan fingerprint density at radius 3 is 2.17 bits per heavy atom. The monoisotopic (exact) mass is 358 g/mol. The van der Waals surface area contributed by atoms with Crippen molar-refractivity contribution in [2.24, 2.45) is 0 Å².